The zero-order valence-corrected chi connectivity index (χ0v) is 14.2. The standard InChI is InChI=1S/C20H13ClN2O3/c21-13-6-9-18-16(10-13)23-20(26-18)15-11-14(7-8-17(15)24)22-19(25)12-4-2-1-3-5-12/h1-11,24H,(H,22,25). The van der Waals surface area contributed by atoms with Crippen LogP contribution in [0.4, 0.5) is 5.69 Å². The summed E-state index contributed by atoms with van der Waals surface area (Å²) in [4.78, 5) is 16.7. The zero-order chi connectivity index (χ0) is 18.1. The number of rotatable bonds is 3. The van der Waals surface area contributed by atoms with E-state index >= 15 is 0 Å². The van der Waals surface area contributed by atoms with E-state index in [1.807, 2.05) is 6.07 Å². The van der Waals surface area contributed by atoms with E-state index < -0.39 is 0 Å². The molecule has 128 valence electrons. The third kappa shape index (κ3) is 3.12. The molecule has 5 nitrogen and oxygen atoms in total. The van der Waals surface area contributed by atoms with Gasteiger partial charge >= 0.3 is 0 Å². The number of nitrogens with zero attached hydrogens (tertiary/aromatic N) is 1. The number of benzene rings is 3. The van der Waals surface area contributed by atoms with Crippen molar-refractivity contribution in [3.05, 3.63) is 77.3 Å². The number of anilines is 1. The Morgan fingerprint density at radius 3 is 2.65 bits per heavy atom. The van der Waals surface area contributed by atoms with Gasteiger partial charge in [-0.1, -0.05) is 29.8 Å². The van der Waals surface area contributed by atoms with Crippen molar-refractivity contribution < 1.29 is 14.3 Å². The Bertz CT molecular complexity index is 1110. The molecule has 0 bridgehead atoms. The smallest absolute Gasteiger partial charge is 0.255 e. The van der Waals surface area contributed by atoms with Gasteiger partial charge in [0.2, 0.25) is 5.89 Å². The van der Waals surface area contributed by atoms with Gasteiger partial charge in [0, 0.05) is 16.3 Å². The molecule has 1 amide bonds. The fourth-order valence-corrected chi connectivity index (χ4v) is 2.76. The lowest BCUT2D eigenvalue weighted by atomic mass is 10.1. The van der Waals surface area contributed by atoms with Crippen molar-refractivity contribution in [1.29, 1.82) is 0 Å². The van der Waals surface area contributed by atoms with Crippen LogP contribution in [0.15, 0.2) is 71.1 Å². The molecule has 0 spiro atoms. The largest absolute Gasteiger partial charge is 0.507 e. The van der Waals surface area contributed by atoms with Crippen LogP contribution in [0, 0.1) is 0 Å². The van der Waals surface area contributed by atoms with E-state index in [0.717, 1.165) is 0 Å². The molecular weight excluding hydrogens is 352 g/mol. The normalized spacial score (nSPS) is 10.8. The van der Waals surface area contributed by atoms with E-state index in [1.54, 1.807) is 54.6 Å². The minimum absolute atomic E-state index is 0.000336. The number of carbonyl (C=O) groups excluding carboxylic acids is 1. The maximum absolute atomic E-state index is 12.3. The number of nitrogens with one attached hydrogen (secondary N) is 1. The minimum Gasteiger partial charge on any atom is -0.507 e. The number of aromatic hydroxyl groups is 1. The number of halogens is 1. The van der Waals surface area contributed by atoms with Gasteiger partial charge in [-0.25, -0.2) is 4.98 Å². The van der Waals surface area contributed by atoms with Gasteiger partial charge in [0.25, 0.3) is 5.91 Å². The molecule has 0 unspecified atom stereocenters. The molecule has 3 aromatic carbocycles. The molecule has 1 heterocycles. The number of carbonyl (C=O) groups is 1. The number of amides is 1. The summed E-state index contributed by atoms with van der Waals surface area (Å²) in [6.07, 6.45) is 0. The van der Waals surface area contributed by atoms with Gasteiger partial charge < -0.3 is 14.8 Å². The fraction of sp³-hybridized carbons (Fsp3) is 0. The second-order valence-electron chi connectivity index (χ2n) is 5.68. The van der Waals surface area contributed by atoms with Gasteiger partial charge in [0.1, 0.15) is 11.3 Å². The lowest BCUT2D eigenvalue weighted by Gasteiger charge is -2.07. The van der Waals surface area contributed by atoms with Gasteiger partial charge in [-0.15, -0.1) is 0 Å². The molecule has 26 heavy (non-hydrogen) atoms. The summed E-state index contributed by atoms with van der Waals surface area (Å²) < 4.78 is 5.69. The zero-order valence-electron chi connectivity index (χ0n) is 13.4. The molecule has 0 saturated carbocycles. The first-order valence-electron chi connectivity index (χ1n) is 7.86. The first-order valence-corrected chi connectivity index (χ1v) is 8.24. The number of phenols is 1. The van der Waals surface area contributed by atoms with Crippen LogP contribution in [0.5, 0.6) is 5.75 Å². The van der Waals surface area contributed by atoms with E-state index in [4.69, 9.17) is 16.0 Å². The van der Waals surface area contributed by atoms with Crippen molar-refractivity contribution in [2.75, 3.05) is 5.32 Å². The lowest BCUT2D eigenvalue weighted by Crippen LogP contribution is -2.11. The summed E-state index contributed by atoms with van der Waals surface area (Å²) in [6, 6.07) is 18.7. The van der Waals surface area contributed by atoms with Crippen LogP contribution >= 0.6 is 11.6 Å². The van der Waals surface area contributed by atoms with Crippen LogP contribution in [0.1, 0.15) is 10.4 Å². The Hall–Kier alpha value is -3.31. The topological polar surface area (TPSA) is 75.4 Å². The molecule has 0 aliphatic rings. The van der Waals surface area contributed by atoms with Gasteiger partial charge in [-0.2, -0.15) is 0 Å². The van der Waals surface area contributed by atoms with Gasteiger partial charge in [-0.3, -0.25) is 4.79 Å². The number of hydrogen-bond donors (Lipinski definition) is 2. The molecule has 2 N–H and O–H groups in total. The number of fused-ring (bicyclic) bond motifs is 1. The summed E-state index contributed by atoms with van der Waals surface area (Å²) in [5.41, 5.74) is 2.59. The summed E-state index contributed by atoms with van der Waals surface area (Å²) in [5, 5.41) is 13.5. The molecule has 6 heteroatoms. The molecule has 0 radical (unpaired) electrons. The molecule has 0 aliphatic carbocycles. The predicted octanol–water partition coefficient (Wildman–Crippen LogP) is 5.11. The van der Waals surface area contributed by atoms with Crippen molar-refractivity contribution in [1.82, 2.24) is 4.98 Å². The van der Waals surface area contributed by atoms with E-state index in [2.05, 4.69) is 10.3 Å². The Morgan fingerprint density at radius 1 is 1.04 bits per heavy atom. The van der Waals surface area contributed by atoms with Crippen LogP contribution in [0.2, 0.25) is 5.02 Å². The monoisotopic (exact) mass is 364 g/mol. The van der Waals surface area contributed by atoms with E-state index in [9.17, 15) is 9.90 Å². The van der Waals surface area contributed by atoms with Crippen molar-refractivity contribution >= 4 is 34.3 Å². The first kappa shape index (κ1) is 16.2. The van der Waals surface area contributed by atoms with Gasteiger partial charge in [0.05, 0.1) is 5.56 Å². The quantitative estimate of drug-likeness (QED) is 0.495. The van der Waals surface area contributed by atoms with E-state index in [1.165, 1.54) is 6.07 Å². The molecule has 0 atom stereocenters. The molecule has 0 fully saturated rings. The maximum Gasteiger partial charge on any atom is 0.255 e. The van der Waals surface area contributed by atoms with Crippen LogP contribution in [-0.2, 0) is 0 Å². The molecule has 0 aliphatic heterocycles. The van der Waals surface area contributed by atoms with Gasteiger partial charge in [0.15, 0.2) is 5.58 Å². The Kier molecular flexibility index (Phi) is 4.07. The molecular formula is C20H13ClN2O3. The highest BCUT2D eigenvalue weighted by atomic mass is 35.5. The van der Waals surface area contributed by atoms with Crippen LogP contribution in [-0.4, -0.2) is 16.0 Å². The second-order valence-corrected chi connectivity index (χ2v) is 6.12. The number of oxazole rings is 1. The van der Waals surface area contributed by atoms with Crippen LogP contribution in [0.3, 0.4) is 0 Å². The number of phenolic OH excluding ortho intramolecular Hbond substituents is 1. The van der Waals surface area contributed by atoms with Crippen LogP contribution in [0.25, 0.3) is 22.6 Å². The van der Waals surface area contributed by atoms with Crippen molar-refractivity contribution in [2.24, 2.45) is 0 Å². The summed E-state index contributed by atoms with van der Waals surface area (Å²) in [6.45, 7) is 0. The SMILES string of the molecule is O=C(Nc1ccc(O)c(-c2nc3cc(Cl)ccc3o2)c1)c1ccccc1. The van der Waals surface area contributed by atoms with Crippen molar-refractivity contribution in [3.8, 4) is 17.2 Å². The van der Waals surface area contributed by atoms with Crippen molar-refractivity contribution in [3.63, 3.8) is 0 Å². The van der Waals surface area contributed by atoms with E-state index in [-0.39, 0.29) is 17.5 Å². The highest BCUT2D eigenvalue weighted by Gasteiger charge is 2.14. The third-order valence-corrected chi connectivity index (χ3v) is 4.11. The maximum atomic E-state index is 12.3. The Balaban J connectivity index is 1.68. The molecule has 4 rings (SSSR count). The van der Waals surface area contributed by atoms with Crippen molar-refractivity contribution in [2.45, 2.75) is 0 Å². The van der Waals surface area contributed by atoms with Crippen LogP contribution < -0.4 is 5.32 Å². The molecule has 1 aromatic heterocycles. The second kappa shape index (κ2) is 6.54. The molecule has 4 aromatic rings. The third-order valence-electron chi connectivity index (χ3n) is 3.87. The first-order chi connectivity index (χ1) is 12.6. The fourth-order valence-electron chi connectivity index (χ4n) is 2.59. The van der Waals surface area contributed by atoms with E-state index in [0.29, 0.717) is 32.9 Å². The summed E-state index contributed by atoms with van der Waals surface area (Å²) in [7, 11) is 0. The average Bonchev–Trinajstić information content (AvgIpc) is 3.07. The highest BCUT2D eigenvalue weighted by molar-refractivity contribution is 6.31. The Morgan fingerprint density at radius 2 is 1.85 bits per heavy atom. The Labute approximate surface area is 153 Å². The average molecular weight is 365 g/mol. The predicted molar refractivity (Wildman–Crippen MR) is 101 cm³/mol. The minimum atomic E-state index is -0.244. The van der Waals surface area contributed by atoms with Gasteiger partial charge in [-0.05, 0) is 48.5 Å². The molecule has 0 saturated heterocycles. The number of aromatic nitrogens is 1. The summed E-state index contributed by atoms with van der Waals surface area (Å²) >= 11 is 5.97. The highest BCUT2D eigenvalue weighted by Crippen LogP contribution is 2.34. The summed E-state index contributed by atoms with van der Waals surface area (Å²) in [5.74, 6) is 0.00234. The number of hydrogen-bond acceptors (Lipinski definition) is 4. The lowest BCUT2D eigenvalue weighted by molar-refractivity contribution is 0.102.